The molecule has 0 unspecified atom stereocenters. The highest BCUT2D eigenvalue weighted by Crippen LogP contribution is 2.30. The molecule has 94 valence electrons. The van der Waals surface area contributed by atoms with Crippen molar-refractivity contribution >= 4 is 5.78 Å². The molecule has 0 saturated carbocycles. The van der Waals surface area contributed by atoms with Gasteiger partial charge in [-0.15, -0.1) is 0 Å². The summed E-state index contributed by atoms with van der Waals surface area (Å²) in [4.78, 5) is 12.6. The Morgan fingerprint density at radius 1 is 1.25 bits per heavy atom. The smallest absolute Gasteiger partial charge is 0.158 e. The number of piperidine rings is 1. The molecule has 3 nitrogen and oxygen atoms in total. The van der Waals surface area contributed by atoms with E-state index in [1.165, 1.54) is 0 Å². The van der Waals surface area contributed by atoms with Crippen LogP contribution in [0.5, 0.6) is 0 Å². The van der Waals surface area contributed by atoms with Gasteiger partial charge in [0.05, 0.1) is 5.54 Å². The van der Waals surface area contributed by atoms with Gasteiger partial charge in [-0.3, -0.25) is 4.79 Å². The Labute approximate surface area is 99.4 Å². The van der Waals surface area contributed by atoms with E-state index in [9.17, 15) is 4.79 Å². The third-order valence-corrected chi connectivity index (χ3v) is 3.14. The highest BCUT2D eigenvalue weighted by atomic mass is 16.1. The van der Waals surface area contributed by atoms with E-state index in [2.05, 4.69) is 24.5 Å². The molecule has 0 aromatic carbocycles. The van der Waals surface area contributed by atoms with Gasteiger partial charge in [0.25, 0.3) is 0 Å². The molecule has 3 heteroatoms. The zero-order chi connectivity index (χ0) is 12.4. The number of carbonyl (C=O) groups is 1. The van der Waals surface area contributed by atoms with Crippen molar-refractivity contribution in [3.8, 4) is 0 Å². The van der Waals surface area contributed by atoms with Crippen LogP contribution in [0.4, 0.5) is 0 Å². The zero-order valence-corrected chi connectivity index (χ0v) is 11.3. The molecule has 0 atom stereocenters. The van der Waals surface area contributed by atoms with Crippen LogP contribution in [0.1, 0.15) is 47.5 Å². The molecular formula is C13H26N2O. The Balaban J connectivity index is 2.89. The molecule has 0 bridgehead atoms. The maximum atomic E-state index is 12.6. The minimum Gasteiger partial charge on any atom is -0.317 e. The molecule has 1 fully saturated rings. The normalized spacial score (nSPS) is 21.1. The van der Waals surface area contributed by atoms with Gasteiger partial charge in [0.1, 0.15) is 0 Å². The minimum absolute atomic E-state index is 0.265. The second-order valence-electron chi connectivity index (χ2n) is 6.21. The first-order valence-electron chi connectivity index (χ1n) is 6.31. The van der Waals surface area contributed by atoms with E-state index in [4.69, 9.17) is 0 Å². The molecule has 1 aliphatic heterocycles. The summed E-state index contributed by atoms with van der Waals surface area (Å²) >= 11 is 0. The SMILES string of the molecule is CC(C)NC1(C(=O)C(C)(C)C)CCNCC1. The summed E-state index contributed by atoms with van der Waals surface area (Å²) in [5.74, 6) is 0.357. The monoisotopic (exact) mass is 226 g/mol. The van der Waals surface area contributed by atoms with Gasteiger partial charge in [0, 0.05) is 11.5 Å². The summed E-state index contributed by atoms with van der Waals surface area (Å²) in [6, 6.07) is 0.351. The van der Waals surface area contributed by atoms with Crippen LogP contribution in [0, 0.1) is 5.41 Å². The fraction of sp³-hybridized carbons (Fsp3) is 0.923. The summed E-state index contributed by atoms with van der Waals surface area (Å²) in [7, 11) is 0. The number of Topliss-reactive ketones (excluding diaryl/α,β-unsaturated/α-hetero) is 1. The summed E-state index contributed by atoms with van der Waals surface area (Å²) in [5.41, 5.74) is -0.573. The highest BCUT2D eigenvalue weighted by Gasteiger charge is 2.44. The minimum atomic E-state index is -0.308. The summed E-state index contributed by atoms with van der Waals surface area (Å²) in [6.45, 7) is 12.1. The second kappa shape index (κ2) is 4.84. The van der Waals surface area contributed by atoms with Crippen molar-refractivity contribution in [3.63, 3.8) is 0 Å². The van der Waals surface area contributed by atoms with Crippen molar-refractivity contribution in [2.45, 2.75) is 59.0 Å². The number of hydrogen-bond acceptors (Lipinski definition) is 3. The molecule has 0 radical (unpaired) electrons. The van der Waals surface area contributed by atoms with Crippen molar-refractivity contribution in [2.24, 2.45) is 5.41 Å². The van der Waals surface area contributed by atoms with E-state index in [-0.39, 0.29) is 11.0 Å². The van der Waals surface area contributed by atoms with E-state index in [0.29, 0.717) is 11.8 Å². The summed E-state index contributed by atoms with van der Waals surface area (Å²) in [5, 5.41) is 6.84. The third-order valence-electron chi connectivity index (χ3n) is 3.14. The van der Waals surface area contributed by atoms with Crippen molar-refractivity contribution < 1.29 is 4.79 Å². The lowest BCUT2D eigenvalue weighted by molar-refractivity contribution is -0.134. The Morgan fingerprint density at radius 3 is 2.12 bits per heavy atom. The Kier molecular flexibility index (Phi) is 4.13. The molecule has 16 heavy (non-hydrogen) atoms. The van der Waals surface area contributed by atoms with Crippen LogP contribution in [0.25, 0.3) is 0 Å². The zero-order valence-electron chi connectivity index (χ0n) is 11.3. The van der Waals surface area contributed by atoms with Crippen LogP contribution in [0.3, 0.4) is 0 Å². The maximum Gasteiger partial charge on any atom is 0.158 e. The number of ketones is 1. The first kappa shape index (κ1) is 13.7. The number of hydrogen-bond donors (Lipinski definition) is 2. The van der Waals surface area contributed by atoms with Gasteiger partial charge >= 0.3 is 0 Å². The van der Waals surface area contributed by atoms with Crippen LogP contribution < -0.4 is 10.6 Å². The lowest BCUT2D eigenvalue weighted by Crippen LogP contribution is -2.62. The molecule has 1 aliphatic rings. The Morgan fingerprint density at radius 2 is 1.75 bits per heavy atom. The molecule has 0 aliphatic carbocycles. The van der Waals surface area contributed by atoms with Gasteiger partial charge in [0.2, 0.25) is 0 Å². The summed E-state index contributed by atoms with van der Waals surface area (Å²) in [6.07, 6.45) is 1.81. The van der Waals surface area contributed by atoms with Crippen molar-refractivity contribution in [3.05, 3.63) is 0 Å². The predicted molar refractivity (Wildman–Crippen MR) is 67.6 cm³/mol. The Hall–Kier alpha value is -0.410. The van der Waals surface area contributed by atoms with E-state index < -0.39 is 0 Å². The van der Waals surface area contributed by atoms with Crippen molar-refractivity contribution in [2.75, 3.05) is 13.1 Å². The van der Waals surface area contributed by atoms with Gasteiger partial charge < -0.3 is 10.6 Å². The molecule has 1 saturated heterocycles. The lowest BCUT2D eigenvalue weighted by Gasteiger charge is -2.42. The highest BCUT2D eigenvalue weighted by molar-refractivity contribution is 5.92. The van der Waals surface area contributed by atoms with E-state index >= 15 is 0 Å². The number of nitrogens with one attached hydrogen (secondary N) is 2. The topological polar surface area (TPSA) is 41.1 Å². The first-order chi connectivity index (χ1) is 7.28. The van der Waals surface area contributed by atoms with Gasteiger partial charge in [-0.1, -0.05) is 20.8 Å². The molecule has 1 rings (SSSR count). The van der Waals surface area contributed by atoms with E-state index in [1.54, 1.807) is 0 Å². The molecule has 0 aromatic rings. The quantitative estimate of drug-likeness (QED) is 0.770. The second-order valence-corrected chi connectivity index (χ2v) is 6.21. The maximum absolute atomic E-state index is 12.6. The Bertz CT molecular complexity index is 247. The number of rotatable bonds is 3. The molecule has 0 amide bonds. The molecular weight excluding hydrogens is 200 g/mol. The average molecular weight is 226 g/mol. The average Bonchev–Trinajstić information content (AvgIpc) is 2.15. The molecule has 0 spiro atoms. The van der Waals surface area contributed by atoms with Crippen molar-refractivity contribution in [1.82, 2.24) is 10.6 Å². The standard InChI is InChI=1S/C13H26N2O/c1-10(2)15-13(6-8-14-9-7-13)11(16)12(3,4)5/h10,14-15H,6-9H2,1-5H3. The fourth-order valence-corrected chi connectivity index (χ4v) is 2.56. The lowest BCUT2D eigenvalue weighted by atomic mass is 9.73. The van der Waals surface area contributed by atoms with E-state index in [0.717, 1.165) is 25.9 Å². The predicted octanol–water partition coefficient (Wildman–Crippen LogP) is 1.72. The fourth-order valence-electron chi connectivity index (χ4n) is 2.56. The van der Waals surface area contributed by atoms with Gasteiger partial charge in [-0.25, -0.2) is 0 Å². The summed E-state index contributed by atoms with van der Waals surface area (Å²) < 4.78 is 0. The first-order valence-corrected chi connectivity index (χ1v) is 6.31. The van der Waals surface area contributed by atoms with Gasteiger partial charge in [-0.2, -0.15) is 0 Å². The van der Waals surface area contributed by atoms with Gasteiger partial charge in [-0.05, 0) is 39.8 Å². The van der Waals surface area contributed by atoms with E-state index in [1.807, 2.05) is 20.8 Å². The van der Waals surface area contributed by atoms with Crippen LogP contribution >= 0.6 is 0 Å². The van der Waals surface area contributed by atoms with Crippen molar-refractivity contribution in [1.29, 1.82) is 0 Å². The van der Waals surface area contributed by atoms with Gasteiger partial charge in [0.15, 0.2) is 5.78 Å². The molecule has 1 heterocycles. The largest absolute Gasteiger partial charge is 0.317 e. The number of carbonyl (C=O) groups excluding carboxylic acids is 1. The molecule has 2 N–H and O–H groups in total. The van der Waals surface area contributed by atoms with Crippen LogP contribution in [0.15, 0.2) is 0 Å². The van der Waals surface area contributed by atoms with Crippen LogP contribution in [-0.4, -0.2) is 30.5 Å². The van der Waals surface area contributed by atoms with Crippen LogP contribution in [-0.2, 0) is 4.79 Å². The third kappa shape index (κ3) is 3.05. The van der Waals surface area contributed by atoms with Crippen LogP contribution in [0.2, 0.25) is 0 Å². The molecule has 0 aromatic heterocycles.